The summed E-state index contributed by atoms with van der Waals surface area (Å²) in [6, 6.07) is 30.1. The number of aryl methyl sites for hydroxylation is 1. The van der Waals surface area contributed by atoms with Gasteiger partial charge in [-0.25, -0.2) is 0 Å². The number of hydrogen-bond donors (Lipinski definition) is 1. The normalized spacial score (nSPS) is 14.1. The molecule has 0 bridgehead atoms. The number of halogens is 1. The minimum absolute atomic E-state index is 0.0575. The number of Topliss-reactive ketones (excluding diaryl/α,β-unsaturated/α-hetero) is 1. The SMILES string of the molecule is CCCC(=O)c1ccc(C[C@@H](C(=O)Nc2ccc(-c3ccc(Cl)cc3C)cc2)c2ccc(C3=CCC(C)(C)CC3)cc2)cc1.O=S(=O)=O. The van der Waals surface area contributed by atoms with E-state index in [1.165, 1.54) is 17.6 Å². The first-order valence-electron chi connectivity index (χ1n) is 16.2. The summed E-state index contributed by atoms with van der Waals surface area (Å²) in [6.45, 7) is 8.71. The van der Waals surface area contributed by atoms with Gasteiger partial charge in [0.05, 0.1) is 5.92 Å². The van der Waals surface area contributed by atoms with Crippen molar-refractivity contribution in [1.82, 2.24) is 0 Å². The molecule has 0 heterocycles. The van der Waals surface area contributed by atoms with Gasteiger partial charge in [-0.3, -0.25) is 9.59 Å². The van der Waals surface area contributed by atoms with Crippen LogP contribution in [-0.4, -0.2) is 24.3 Å². The van der Waals surface area contributed by atoms with Crippen LogP contribution in [0.3, 0.4) is 0 Å². The Hall–Kier alpha value is -4.33. The van der Waals surface area contributed by atoms with Crippen LogP contribution in [0, 0.1) is 12.3 Å². The molecule has 8 heteroatoms. The minimum Gasteiger partial charge on any atom is -0.326 e. The van der Waals surface area contributed by atoms with E-state index in [-0.39, 0.29) is 11.7 Å². The lowest BCUT2D eigenvalue weighted by atomic mass is 9.77. The van der Waals surface area contributed by atoms with Gasteiger partial charge in [0.1, 0.15) is 0 Å². The zero-order valence-corrected chi connectivity index (χ0v) is 29.5. The number of nitrogens with one attached hydrogen (secondary N) is 1. The van der Waals surface area contributed by atoms with Crippen molar-refractivity contribution < 1.29 is 22.2 Å². The molecule has 1 aliphatic carbocycles. The summed E-state index contributed by atoms with van der Waals surface area (Å²) in [5, 5.41) is 3.89. The van der Waals surface area contributed by atoms with Crippen LogP contribution >= 0.6 is 11.6 Å². The molecule has 4 aromatic rings. The van der Waals surface area contributed by atoms with E-state index in [1.54, 1.807) is 0 Å². The Balaban J connectivity index is 0.00000123. The lowest BCUT2D eigenvalue weighted by Gasteiger charge is -2.28. The largest absolute Gasteiger partial charge is 0.425 e. The van der Waals surface area contributed by atoms with E-state index < -0.39 is 16.5 Å². The van der Waals surface area contributed by atoms with Crippen LogP contribution in [0.4, 0.5) is 5.69 Å². The van der Waals surface area contributed by atoms with E-state index in [2.05, 4.69) is 49.5 Å². The van der Waals surface area contributed by atoms with Crippen LogP contribution in [0.15, 0.2) is 97.1 Å². The highest BCUT2D eigenvalue weighted by Crippen LogP contribution is 2.38. The Morgan fingerprint density at radius 2 is 1.50 bits per heavy atom. The van der Waals surface area contributed by atoms with E-state index in [1.807, 2.05) is 80.6 Å². The van der Waals surface area contributed by atoms with Crippen LogP contribution in [0.25, 0.3) is 16.7 Å². The molecule has 250 valence electrons. The molecular formula is C40H42ClNO5S. The first kappa shape index (κ1) is 36.5. The maximum atomic E-state index is 13.9. The predicted octanol–water partition coefficient (Wildman–Crippen LogP) is 9.85. The molecule has 0 saturated heterocycles. The zero-order valence-electron chi connectivity index (χ0n) is 27.9. The van der Waals surface area contributed by atoms with Crippen molar-refractivity contribution in [3.05, 3.63) is 130 Å². The first-order valence-corrected chi connectivity index (χ1v) is 17.6. The van der Waals surface area contributed by atoms with Crippen molar-refractivity contribution in [3.8, 4) is 11.1 Å². The second-order valence-corrected chi connectivity index (χ2v) is 13.9. The smallest absolute Gasteiger partial charge is 0.326 e. The molecule has 0 aromatic heterocycles. The van der Waals surface area contributed by atoms with Gasteiger partial charge in [0.2, 0.25) is 5.91 Å². The lowest BCUT2D eigenvalue weighted by molar-refractivity contribution is -0.117. The van der Waals surface area contributed by atoms with Crippen LogP contribution < -0.4 is 5.32 Å². The molecule has 1 aliphatic rings. The van der Waals surface area contributed by atoms with Gasteiger partial charge < -0.3 is 5.32 Å². The molecule has 5 rings (SSSR count). The highest BCUT2D eigenvalue weighted by Gasteiger charge is 2.24. The van der Waals surface area contributed by atoms with Gasteiger partial charge in [0, 0.05) is 22.7 Å². The monoisotopic (exact) mass is 683 g/mol. The number of anilines is 1. The average Bonchev–Trinajstić information content (AvgIpc) is 3.04. The van der Waals surface area contributed by atoms with Gasteiger partial charge in [-0.2, -0.15) is 0 Å². The lowest BCUT2D eigenvalue weighted by Crippen LogP contribution is -2.23. The summed E-state index contributed by atoms with van der Waals surface area (Å²) >= 11 is 6.15. The van der Waals surface area contributed by atoms with E-state index in [0.29, 0.717) is 18.3 Å². The molecule has 1 amide bonds. The number of amides is 1. The molecule has 0 radical (unpaired) electrons. The Morgan fingerprint density at radius 1 is 0.875 bits per heavy atom. The van der Waals surface area contributed by atoms with Gasteiger partial charge in [0.15, 0.2) is 5.78 Å². The zero-order chi connectivity index (χ0) is 34.8. The molecule has 6 nitrogen and oxygen atoms in total. The van der Waals surface area contributed by atoms with Gasteiger partial charge in [0.25, 0.3) is 0 Å². The standard InChI is InChI=1S/C40H42ClNO2.O3S/c1-5-6-38(43)33-9-7-28(8-10-33)26-37(32-13-11-29(12-14-32)30-21-23-40(3,4)24-22-30)39(44)42-35-18-15-31(16-19-35)36-20-17-34(41)25-27(36)2;1-4(2)3/h7-21,25,37H,5-6,22-24,26H2,1-4H3,(H,42,44);/t37-;/m1./s1. The molecule has 1 atom stereocenters. The first-order chi connectivity index (χ1) is 22.8. The van der Waals surface area contributed by atoms with Gasteiger partial charge >= 0.3 is 10.6 Å². The van der Waals surface area contributed by atoms with Crippen molar-refractivity contribution in [2.45, 2.75) is 72.1 Å². The van der Waals surface area contributed by atoms with Crippen LogP contribution in [0.1, 0.15) is 91.4 Å². The quantitative estimate of drug-likeness (QED) is 0.168. The van der Waals surface area contributed by atoms with Crippen molar-refractivity contribution in [2.75, 3.05) is 5.32 Å². The van der Waals surface area contributed by atoms with Crippen LogP contribution in [0.5, 0.6) is 0 Å². The van der Waals surface area contributed by atoms with Crippen LogP contribution in [-0.2, 0) is 21.8 Å². The molecule has 0 spiro atoms. The van der Waals surface area contributed by atoms with E-state index in [9.17, 15) is 9.59 Å². The maximum absolute atomic E-state index is 13.9. The highest BCUT2D eigenvalue weighted by molar-refractivity contribution is 7.59. The molecule has 4 aromatic carbocycles. The average molecular weight is 684 g/mol. The summed E-state index contributed by atoms with van der Waals surface area (Å²) in [5.74, 6) is -0.293. The van der Waals surface area contributed by atoms with E-state index >= 15 is 0 Å². The molecule has 0 saturated carbocycles. The van der Waals surface area contributed by atoms with E-state index in [0.717, 1.165) is 63.4 Å². The molecule has 0 unspecified atom stereocenters. The fourth-order valence-corrected chi connectivity index (χ4v) is 6.20. The number of ketones is 1. The number of carbonyl (C=O) groups is 2. The van der Waals surface area contributed by atoms with Crippen molar-refractivity contribution in [1.29, 1.82) is 0 Å². The molecule has 48 heavy (non-hydrogen) atoms. The molecule has 0 fully saturated rings. The second-order valence-electron chi connectivity index (χ2n) is 13.1. The Kier molecular flexibility index (Phi) is 12.7. The summed E-state index contributed by atoms with van der Waals surface area (Å²) in [6.07, 6.45) is 7.62. The molecular weight excluding hydrogens is 642 g/mol. The highest BCUT2D eigenvalue weighted by atomic mass is 35.5. The summed E-state index contributed by atoms with van der Waals surface area (Å²) in [4.78, 5) is 26.3. The number of allylic oxidation sites excluding steroid dienone is 2. The van der Waals surface area contributed by atoms with Gasteiger partial charge in [-0.15, -0.1) is 12.6 Å². The summed E-state index contributed by atoms with van der Waals surface area (Å²) in [7, 11) is -3.11. The third-order valence-electron chi connectivity index (χ3n) is 8.82. The van der Waals surface area contributed by atoms with Crippen LogP contribution in [0.2, 0.25) is 5.02 Å². The topological polar surface area (TPSA) is 97.4 Å². The minimum atomic E-state index is -3.11. The Bertz CT molecular complexity index is 1870. The fourth-order valence-electron chi connectivity index (χ4n) is 5.98. The van der Waals surface area contributed by atoms with Crippen molar-refractivity contribution in [3.63, 3.8) is 0 Å². The van der Waals surface area contributed by atoms with Crippen molar-refractivity contribution in [2.24, 2.45) is 5.41 Å². The molecule has 0 aliphatic heterocycles. The fraction of sp³-hybridized carbons (Fsp3) is 0.300. The Morgan fingerprint density at radius 3 is 2.06 bits per heavy atom. The van der Waals surface area contributed by atoms with Gasteiger partial charge in [-0.1, -0.05) is 105 Å². The van der Waals surface area contributed by atoms with Gasteiger partial charge in [-0.05, 0) is 108 Å². The number of carbonyl (C=O) groups excluding carboxylic acids is 2. The number of rotatable bonds is 10. The summed E-state index contributed by atoms with van der Waals surface area (Å²) < 4.78 is 25.3. The number of hydrogen-bond acceptors (Lipinski definition) is 5. The third-order valence-corrected chi connectivity index (χ3v) is 9.05. The second kappa shape index (κ2) is 16.7. The van der Waals surface area contributed by atoms with E-state index in [4.69, 9.17) is 24.2 Å². The Labute approximate surface area is 290 Å². The third kappa shape index (κ3) is 10.3. The summed E-state index contributed by atoms with van der Waals surface area (Å²) in [5.41, 5.74) is 9.74. The maximum Gasteiger partial charge on any atom is 0.425 e. The molecule has 1 N–H and O–H groups in total. The predicted molar refractivity (Wildman–Crippen MR) is 194 cm³/mol. The van der Waals surface area contributed by atoms with Crippen molar-refractivity contribution >= 4 is 45.2 Å². The number of benzene rings is 4.